The minimum atomic E-state index is -0.822. The van der Waals surface area contributed by atoms with E-state index in [1.807, 2.05) is 123 Å². The molecule has 4 heterocycles. The molecule has 18 heteroatoms. The SMILES string of the molecule is CC1(C)OCC(CN(CC2COC(C)(C)O2)C(=O)c2c(I)c(NC(=O)CO)c(I)c(C(=O)N(CC3COC(C)(C)O3)CC3COC(C)(C)O3)c2I)O1. The Morgan fingerprint density at radius 2 is 0.885 bits per heavy atom. The molecule has 0 aliphatic carbocycles. The number of benzene rings is 1. The molecule has 3 amide bonds. The molecule has 0 radical (unpaired) electrons. The molecule has 52 heavy (non-hydrogen) atoms. The number of anilines is 1. The first kappa shape index (κ1) is 42.6. The highest BCUT2D eigenvalue weighted by Gasteiger charge is 2.42. The Bertz CT molecular complexity index is 1390. The van der Waals surface area contributed by atoms with Crippen molar-refractivity contribution in [2.24, 2.45) is 0 Å². The van der Waals surface area contributed by atoms with Gasteiger partial charge < -0.3 is 58.1 Å². The van der Waals surface area contributed by atoms with E-state index >= 15 is 0 Å². The summed E-state index contributed by atoms with van der Waals surface area (Å²) in [6.45, 7) is 15.5. The fourth-order valence-corrected chi connectivity index (χ4v) is 10.9. The van der Waals surface area contributed by atoms with E-state index in [2.05, 4.69) is 5.32 Å². The van der Waals surface area contributed by atoms with Gasteiger partial charge in [0.1, 0.15) is 31.0 Å². The lowest BCUT2D eigenvalue weighted by atomic mass is 10.0. The van der Waals surface area contributed by atoms with Crippen LogP contribution >= 0.6 is 67.8 Å². The zero-order chi connectivity index (χ0) is 38.4. The van der Waals surface area contributed by atoms with Crippen molar-refractivity contribution >= 4 is 91.2 Å². The van der Waals surface area contributed by atoms with E-state index in [-0.39, 0.29) is 69.4 Å². The van der Waals surface area contributed by atoms with Crippen molar-refractivity contribution in [1.29, 1.82) is 0 Å². The van der Waals surface area contributed by atoms with Gasteiger partial charge in [0, 0.05) is 29.7 Å². The van der Waals surface area contributed by atoms with E-state index in [0.717, 1.165) is 0 Å². The molecular weight excluding hydrogens is 1020 g/mol. The molecule has 1 aromatic rings. The second kappa shape index (κ2) is 16.5. The van der Waals surface area contributed by atoms with Crippen molar-refractivity contribution in [3.05, 3.63) is 21.8 Å². The largest absolute Gasteiger partial charge is 0.387 e. The summed E-state index contributed by atoms with van der Waals surface area (Å²) in [5, 5.41) is 12.4. The average molecular weight is 1070 g/mol. The highest BCUT2D eigenvalue weighted by Crippen LogP contribution is 2.38. The maximum Gasteiger partial charge on any atom is 0.256 e. The second-order valence-corrected chi connectivity index (χ2v) is 18.2. The van der Waals surface area contributed by atoms with Gasteiger partial charge >= 0.3 is 0 Å². The van der Waals surface area contributed by atoms with E-state index in [4.69, 9.17) is 37.9 Å². The minimum Gasteiger partial charge on any atom is -0.387 e. The molecule has 0 aromatic heterocycles. The lowest BCUT2D eigenvalue weighted by molar-refractivity contribution is -0.144. The molecule has 0 saturated carbocycles. The van der Waals surface area contributed by atoms with Gasteiger partial charge in [-0.05, 0) is 123 Å². The van der Waals surface area contributed by atoms with Gasteiger partial charge in [-0.2, -0.15) is 0 Å². The van der Waals surface area contributed by atoms with Crippen molar-refractivity contribution in [2.75, 3.05) is 64.5 Å². The van der Waals surface area contributed by atoms with Crippen molar-refractivity contribution in [3.63, 3.8) is 0 Å². The summed E-state index contributed by atoms with van der Waals surface area (Å²) in [4.78, 5) is 45.7. The summed E-state index contributed by atoms with van der Waals surface area (Å²) >= 11 is 6.06. The number of amides is 3. The molecule has 15 nitrogen and oxygen atoms in total. The van der Waals surface area contributed by atoms with Crippen LogP contribution in [0.5, 0.6) is 0 Å². The van der Waals surface area contributed by atoms with Crippen molar-refractivity contribution < 1.29 is 57.4 Å². The van der Waals surface area contributed by atoms with Gasteiger partial charge in [-0.3, -0.25) is 14.4 Å². The van der Waals surface area contributed by atoms with Crippen LogP contribution in [0.3, 0.4) is 0 Å². The fraction of sp³-hybridized carbons (Fsp3) is 0.735. The molecule has 4 unspecified atom stereocenters. The number of hydrogen-bond acceptors (Lipinski definition) is 12. The third-order valence-corrected chi connectivity index (χ3v) is 11.9. The summed E-state index contributed by atoms with van der Waals surface area (Å²) < 4.78 is 48.9. The Morgan fingerprint density at radius 1 is 0.596 bits per heavy atom. The molecule has 0 bridgehead atoms. The van der Waals surface area contributed by atoms with Crippen molar-refractivity contribution in [2.45, 2.75) is 103 Å². The molecule has 1 aromatic carbocycles. The highest BCUT2D eigenvalue weighted by atomic mass is 127. The van der Waals surface area contributed by atoms with Crippen LogP contribution in [-0.2, 0) is 42.7 Å². The smallest absolute Gasteiger partial charge is 0.256 e. The summed E-state index contributed by atoms with van der Waals surface area (Å²) in [5.41, 5.74) is 0.647. The fourth-order valence-electron chi connectivity index (χ4n) is 6.52. The third-order valence-electron chi connectivity index (χ3n) is 8.69. The minimum absolute atomic E-state index is 0.165. The zero-order valence-corrected chi connectivity index (χ0v) is 37.1. The Kier molecular flexibility index (Phi) is 13.5. The maximum atomic E-state index is 14.9. The summed E-state index contributed by atoms with van der Waals surface area (Å²) in [5.74, 6) is -4.80. The third kappa shape index (κ3) is 10.4. The van der Waals surface area contributed by atoms with Gasteiger partial charge in [-0.25, -0.2) is 0 Å². The highest BCUT2D eigenvalue weighted by molar-refractivity contribution is 14.1. The van der Waals surface area contributed by atoms with Gasteiger partial charge in [0.05, 0.1) is 50.4 Å². The Labute approximate surface area is 345 Å². The first-order valence-electron chi connectivity index (χ1n) is 17.1. The van der Waals surface area contributed by atoms with Crippen molar-refractivity contribution in [1.82, 2.24) is 9.80 Å². The topological polar surface area (TPSA) is 164 Å². The van der Waals surface area contributed by atoms with Crippen LogP contribution in [0.25, 0.3) is 0 Å². The van der Waals surface area contributed by atoms with Crippen LogP contribution in [0.2, 0.25) is 0 Å². The lowest BCUT2D eigenvalue weighted by Crippen LogP contribution is -2.46. The summed E-state index contributed by atoms with van der Waals surface area (Å²) in [7, 11) is 0. The van der Waals surface area contributed by atoms with E-state index in [9.17, 15) is 19.5 Å². The number of carbonyl (C=O) groups excluding carboxylic acids is 3. The quantitative estimate of drug-likeness (QED) is 0.291. The predicted molar refractivity (Wildman–Crippen MR) is 212 cm³/mol. The van der Waals surface area contributed by atoms with Crippen LogP contribution in [-0.4, -0.2) is 139 Å². The number of rotatable bonds is 12. The number of hydrogen-bond donors (Lipinski definition) is 2. The van der Waals surface area contributed by atoms with Gasteiger partial charge in [0.2, 0.25) is 5.91 Å². The number of carbonyl (C=O) groups is 3. The van der Waals surface area contributed by atoms with Crippen molar-refractivity contribution in [3.8, 4) is 0 Å². The van der Waals surface area contributed by atoms with E-state index in [0.29, 0.717) is 10.7 Å². The van der Waals surface area contributed by atoms with Gasteiger partial charge in [-0.1, -0.05) is 0 Å². The molecular formula is C34H48I3N3O12. The number of nitrogens with zero attached hydrogens (tertiary/aromatic N) is 2. The van der Waals surface area contributed by atoms with E-state index < -0.39 is 71.9 Å². The molecule has 4 aliphatic heterocycles. The first-order valence-corrected chi connectivity index (χ1v) is 20.3. The Morgan fingerprint density at radius 3 is 1.12 bits per heavy atom. The standard InChI is InChI=1S/C34H48I3N3O12/c1-31(2)45-14-18(49-31)9-39(10-19-15-46-32(3,4)50-19)29(43)23-25(35)24(27(37)28(26(23)36)38-22(42)13-41)30(44)40(11-20-16-47-33(5,6)51-20)12-21-17-48-34(7,8)52-21/h18-21,41H,9-17H2,1-8H3,(H,38,42). The summed E-state index contributed by atoms with van der Waals surface area (Å²) in [6.07, 6.45) is -1.74. The molecule has 4 aliphatic rings. The van der Waals surface area contributed by atoms with Gasteiger partial charge in [-0.15, -0.1) is 0 Å². The monoisotopic (exact) mass is 1070 g/mol. The van der Waals surface area contributed by atoms with E-state index in [1.165, 1.54) is 0 Å². The van der Waals surface area contributed by atoms with Gasteiger partial charge in [0.25, 0.3) is 11.8 Å². The predicted octanol–water partition coefficient (Wildman–Crippen LogP) is 3.92. The van der Waals surface area contributed by atoms with Crippen LogP contribution in [0.15, 0.2) is 0 Å². The number of ether oxygens (including phenoxy) is 8. The first-order chi connectivity index (χ1) is 24.1. The average Bonchev–Trinajstić information content (AvgIpc) is 3.78. The molecule has 292 valence electrons. The molecule has 4 atom stereocenters. The Balaban J connectivity index is 1.57. The summed E-state index contributed by atoms with van der Waals surface area (Å²) in [6, 6.07) is 0. The number of aliphatic hydroxyl groups excluding tert-OH is 1. The molecule has 4 fully saturated rings. The molecule has 4 saturated heterocycles. The van der Waals surface area contributed by atoms with Crippen LogP contribution in [0.4, 0.5) is 5.69 Å². The van der Waals surface area contributed by atoms with Crippen LogP contribution < -0.4 is 5.32 Å². The van der Waals surface area contributed by atoms with Crippen LogP contribution in [0, 0.1) is 10.7 Å². The molecule has 0 spiro atoms. The molecule has 2 N–H and O–H groups in total. The second-order valence-electron chi connectivity index (χ2n) is 15.0. The normalized spacial score (nSPS) is 27.2. The van der Waals surface area contributed by atoms with E-state index in [1.54, 1.807) is 9.80 Å². The number of aliphatic hydroxyl groups is 1. The maximum absolute atomic E-state index is 14.9. The zero-order valence-electron chi connectivity index (χ0n) is 30.6. The number of nitrogens with one attached hydrogen (secondary N) is 1. The van der Waals surface area contributed by atoms with Gasteiger partial charge in [0.15, 0.2) is 23.1 Å². The Hall–Kier alpha value is -0.540. The lowest BCUT2D eigenvalue weighted by Gasteiger charge is -2.31. The molecule has 5 rings (SSSR count). The number of halogens is 3. The van der Waals surface area contributed by atoms with Crippen LogP contribution in [0.1, 0.15) is 76.1 Å².